The number of nitrogens with one attached hydrogen (secondary N) is 1. The van der Waals surface area contributed by atoms with Crippen LogP contribution in [0.15, 0.2) is 48.5 Å². The lowest BCUT2D eigenvalue weighted by atomic mass is 10.3. The zero-order valence-electron chi connectivity index (χ0n) is 11.6. The Balaban J connectivity index is 1.54. The number of thiazole rings is 1. The van der Waals surface area contributed by atoms with Gasteiger partial charge in [-0.05, 0) is 30.3 Å². The van der Waals surface area contributed by atoms with E-state index >= 15 is 0 Å². The van der Waals surface area contributed by atoms with Crippen LogP contribution < -0.4 is 10.1 Å². The Kier molecular flexibility index (Phi) is 4.29. The summed E-state index contributed by atoms with van der Waals surface area (Å²) >= 11 is 1.25. The summed E-state index contributed by atoms with van der Waals surface area (Å²) in [4.78, 5) is 16.1. The third-order valence-electron chi connectivity index (χ3n) is 2.94. The highest BCUT2D eigenvalue weighted by molar-refractivity contribution is 7.22. The molecule has 0 saturated heterocycles. The Morgan fingerprint density at radius 1 is 1.23 bits per heavy atom. The first-order valence-electron chi connectivity index (χ1n) is 6.74. The van der Waals surface area contributed by atoms with Crippen LogP contribution in [0.5, 0.6) is 5.75 Å². The van der Waals surface area contributed by atoms with Crippen LogP contribution in [0.25, 0.3) is 10.2 Å². The maximum atomic E-state index is 13.1. The largest absolute Gasteiger partial charge is 0.493 e. The number of amides is 1. The highest BCUT2D eigenvalue weighted by atomic mass is 32.1. The van der Waals surface area contributed by atoms with Crippen molar-refractivity contribution in [2.24, 2.45) is 0 Å². The minimum atomic E-state index is -0.315. The first kappa shape index (κ1) is 14.5. The quantitative estimate of drug-likeness (QED) is 0.778. The van der Waals surface area contributed by atoms with Gasteiger partial charge >= 0.3 is 0 Å². The van der Waals surface area contributed by atoms with Crippen LogP contribution in [0.4, 0.5) is 9.52 Å². The molecule has 0 unspecified atom stereocenters. The molecule has 3 rings (SSSR count). The van der Waals surface area contributed by atoms with Gasteiger partial charge in [0.25, 0.3) is 0 Å². The van der Waals surface area contributed by atoms with Gasteiger partial charge in [-0.2, -0.15) is 0 Å². The van der Waals surface area contributed by atoms with Gasteiger partial charge in [0.2, 0.25) is 5.91 Å². The Bertz CT molecular complexity index is 789. The van der Waals surface area contributed by atoms with E-state index in [9.17, 15) is 9.18 Å². The number of ether oxygens (including phenoxy) is 1. The molecule has 1 amide bonds. The lowest BCUT2D eigenvalue weighted by Gasteiger charge is -2.05. The molecular weight excluding hydrogens is 303 g/mol. The number of fused-ring (bicyclic) bond motifs is 1. The predicted molar refractivity (Wildman–Crippen MR) is 84.8 cm³/mol. The van der Waals surface area contributed by atoms with Crippen LogP contribution in [0.2, 0.25) is 0 Å². The summed E-state index contributed by atoms with van der Waals surface area (Å²) in [5, 5.41) is 3.17. The van der Waals surface area contributed by atoms with Crippen molar-refractivity contribution in [3.05, 3.63) is 54.3 Å². The van der Waals surface area contributed by atoms with Crippen LogP contribution in [0.1, 0.15) is 6.42 Å². The molecule has 6 heteroatoms. The minimum Gasteiger partial charge on any atom is -0.493 e. The fourth-order valence-corrected chi connectivity index (χ4v) is 2.82. The molecule has 1 N–H and O–H groups in total. The van der Waals surface area contributed by atoms with E-state index in [0.717, 1.165) is 5.75 Å². The molecule has 0 bridgehead atoms. The Hall–Kier alpha value is -2.47. The van der Waals surface area contributed by atoms with Crippen LogP contribution in [0, 0.1) is 5.82 Å². The summed E-state index contributed by atoms with van der Waals surface area (Å²) in [5.74, 6) is 0.228. The Morgan fingerprint density at radius 2 is 2.05 bits per heavy atom. The fraction of sp³-hybridized carbons (Fsp3) is 0.125. The zero-order valence-corrected chi connectivity index (χ0v) is 12.4. The van der Waals surface area contributed by atoms with Crippen molar-refractivity contribution in [1.82, 2.24) is 4.98 Å². The van der Waals surface area contributed by atoms with Gasteiger partial charge in [0, 0.05) is 0 Å². The molecule has 4 nitrogen and oxygen atoms in total. The predicted octanol–water partition coefficient (Wildman–Crippen LogP) is 3.84. The summed E-state index contributed by atoms with van der Waals surface area (Å²) in [6.07, 6.45) is 0.221. The van der Waals surface area contributed by atoms with E-state index in [-0.39, 0.29) is 24.8 Å². The molecule has 22 heavy (non-hydrogen) atoms. The van der Waals surface area contributed by atoms with E-state index in [1.165, 1.54) is 23.5 Å². The second-order valence-corrected chi connectivity index (χ2v) is 5.62. The SMILES string of the molecule is O=C(CCOc1ccccc1)Nc1nc2ccc(F)cc2s1. The average Bonchev–Trinajstić information content (AvgIpc) is 2.89. The summed E-state index contributed by atoms with van der Waals surface area (Å²) in [6, 6.07) is 13.7. The molecule has 1 heterocycles. The molecule has 112 valence electrons. The van der Waals surface area contributed by atoms with Crippen molar-refractivity contribution in [2.75, 3.05) is 11.9 Å². The Labute approximate surface area is 130 Å². The van der Waals surface area contributed by atoms with Crippen LogP contribution >= 0.6 is 11.3 Å². The number of halogens is 1. The number of anilines is 1. The maximum absolute atomic E-state index is 13.1. The van der Waals surface area contributed by atoms with Crippen LogP contribution in [-0.4, -0.2) is 17.5 Å². The topological polar surface area (TPSA) is 51.2 Å². The molecule has 3 aromatic rings. The molecule has 0 radical (unpaired) electrons. The van der Waals surface area contributed by atoms with E-state index in [1.54, 1.807) is 6.07 Å². The standard InChI is InChI=1S/C16H13FN2O2S/c17-11-6-7-13-14(10-11)22-16(18-13)19-15(20)8-9-21-12-4-2-1-3-5-12/h1-7,10H,8-9H2,(H,18,19,20). The lowest BCUT2D eigenvalue weighted by Crippen LogP contribution is -2.14. The second-order valence-electron chi connectivity index (χ2n) is 4.59. The minimum absolute atomic E-state index is 0.185. The fourth-order valence-electron chi connectivity index (χ4n) is 1.91. The molecule has 0 saturated carbocycles. The van der Waals surface area contributed by atoms with E-state index in [1.807, 2.05) is 30.3 Å². The molecule has 0 atom stereocenters. The van der Waals surface area contributed by atoms with Gasteiger partial charge in [-0.3, -0.25) is 4.79 Å². The molecule has 0 aliphatic rings. The van der Waals surface area contributed by atoms with Gasteiger partial charge in [0.05, 0.1) is 23.2 Å². The van der Waals surface area contributed by atoms with E-state index in [4.69, 9.17) is 4.74 Å². The molecular formula is C16H13FN2O2S. The van der Waals surface area contributed by atoms with Gasteiger partial charge in [-0.25, -0.2) is 9.37 Å². The molecule has 0 spiro atoms. The van der Waals surface area contributed by atoms with E-state index in [0.29, 0.717) is 15.3 Å². The van der Waals surface area contributed by atoms with Gasteiger partial charge in [0.1, 0.15) is 11.6 Å². The molecule has 0 fully saturated rings. The van der Waals surface area contributed by atoms with Crippen LogP contribution in [-0.2, 0) is 4.79 Å². The highest BCUT2D eigenvalue weighted by Crippen LogP contribution is 2.26. The number of carbonyl (C=O) groups is 1. The van der Waals surface area contributed by atoms with Crippen molar-refractivity contribution in [2.45, 2.75) is 6.42 Å². The average molecular weight is 316 g/mol. The van der Waals surface area contributed by atoms with E-state index in [2.05, 4.69) is 10.3 Å². The summed E-state index contributed by atoms with van der Waals surface area (Å²) in [7, 11) is 0. The number of benzene rings is 2. The van der Waals surface area contributed by atoms with Crippen molar-refractivity contribution in [3.8, 4) is 5.75 Å². The van der Waals surface area contributed by atoms with Crippen molar-refractivity contribution in [3.63, 3.8) is 0 Å². The second kappa shape index (κ2) is 6.53. The Morgan fingerprint density at radius 3 is 2.86 bits per heavy atom. The molecule has 2 aromatic carbocycles. The summed E-state index contributed by atoms with van der Waals surface area (Å²) in [5.41, 5.74) is 0.669. The van der Waals surface area contributed by atoms with Crippen molar-refractivity contribution >= 4 is 32.6 Å². The third kappa shape index (κ3) is 3.59. The zero-order chi connectivity index (χ0) is 15.4. The van der Waals surface area contributed by atoms with Crippen molar-refractivity contribution in [1.29, 1.82) is 0 Å². The van der Waals surface area contributed by atoms with Crippen LogP contribution in [0.3, 0.4) is 0 Å². The summed E-state index contributed by atoms with van der Waals surface area (Å²) in [6.45, 7) is 0.287. The molecule has 1 aromatic heterocycles. The number of hydrogen-bond acceptors (Lipinski definition) is 4. The molecule has 0 aliphatic carbocycles. The smallest absolute Gasteiger partial charge is 0.229 e. The number of aromatic nitrogens is 1. The summed E-state index contributed by atoms with van der Waals surface area (Å²) < 4.78 is 19.3. The third-order valence-corrected chi connectivity index (χ3v) is 3.87. The van der Waals surface area contributed by atoms with Gasteiger partial charge in [-0.1, -0.05) is 29.5 Å². The first-order valence-corrected chi connectivity index (χ1v) is 7.56. The maximum Gasteiger partial charge on any atom is 0.229 e. The first-order chi connectivity index (χ1) is 10.7. The van der Waals surface area contributed by atoms with E-state index < -0.39 is 0 Å². The monoisotopic (exact) mass is 316 g/mol. The number of para-hydroxylation sites is 1. The number of nitrogens with zero attached hydrogens (tertiary/aromatic N) is 1. The highest BCUT2D eigenvalue weighted by Gasteiger charge is 2.08. The van der Waals surface area contributed by atoms with Gasteiger partial charge < -0.3 is 10.1 Å². The van der Waals surface area contributed by atoms with Crippen molar-refractivity contribution < 1.29 is 13.9 Å². The molecule has 0 aliphatic heterocycles. The van der Waals surface area contributed by atoms with Gasteiger partial charge in [0.15, 0.2) is 5.13 Å². The normalized spacial score (nSPS) is 10.6. The number of rotatable bonds is 5. The number of carbonyl (C=O) groups excluding carboxylic acids is 1. The lowest BCUT2D eigenvalue weighted by molar-refractivity contribution is -0.116. The van der Waals surface area contributed by atoms with Gasteiger partial charge in [-0.15, -0.1) is 0 Å². The number of hydrogen-bond donors (Lipinski definition) is 1.